The number of rotatable bonds is 3. The molecule has 0 radical (unpaired) electrons. The normalized spacial score (nSPS) is 26.6. The highest BCUT2D eigenvalue weighted by molar-refractivity contribution is 5.93. The second-order valence-corrected chi connectivity index (χ2v) is 6.70. The van der Waals surface area contributed by atoms with Crippen LogP contribution in [0.25, 0.3) is 0 Å². The molecule has 5 heteroatoms. The van der Waals surface area contributed by atoms with E-state index in [1.165, 1.54) is 18.4 Å². The first-order valence-electron chi connectivity index (χ1n) is 8.96. The van der Waals surface area contributed by atoms with E-state index in [9.17, 15) is 4.79 Å². The van der Waals surface area contributed by atoms with Gasteiger partial charge in [0.1, 0.15) is 6.23 Å². The molecule has 3 heterocycles. The number of morpholine rings is 1. The van der Waals surface area contributed by atoms with Crippen LogP contribution in [-0.2, 0) is 4.74 Å². The summed E-state index contributed by atoms with van der Waals surface area (Å²) in [4.78, 5) is 19.0. The van der Waals surface area contributed by atoms with E-state index in [0.29, 0.717) is 12.2 Å². The Kier molecular flexibility index (Phi) is 4.76. The van der Waals surface area contributed by atoms with Gasteiger partial charge in [-0.3, -0.25) is 14.7 Å². The topological polar surface area (TPSA) is 54.5 Å². The van der Waals surface area contributed by atoms with E-state index < -0.39 is 0 Å². The largest absolute Gasteiger partial charge is 0.355 e. The molecule has 1 amide bonds. The first kappa shape index (κ1) is 16.2. The van der Waals surface area contributed by atoms with Crippen molar-refractivity contribution in [2.75, 3.05) is 13.2 Å². The van der Waals surface area contributed by atoms with Gasteiger partial charge in [0.25, 0.3) is 5.91 Å². The van der Waals surface area contributed by atoms with Crippen molar-refractivity contribution >= 4 is 5.91 Å². The standard InChI is InChI=1S/C20H23N3O2/c24-19(16-9-6-11-21-13-16)22-20-17-10-4-5-12-23(17)18(14-25-20)15-7-2-1-3-8-15/h1-3,6-9,11,13,17-18,20H,4-5,10,12,14H2,(H,22,24). The lowest BCUT2D eigenvalue weighted by atomic mass is 9.93. The summed E-state index contributed by atoms with van der Waals surface area (Å²) in [6.07, 6.45) is 6.40. The van der Waals surface area contributed by atoms with Crippen molar-refractivity contribution in [3.05, 3.63) is 66.0 Å². The summed E-state index contributed by atoms with van der Waals surface area (Å²) in [6.45, 7) is 1.64. The Morgan fingerprint density at radius 2 is 2.04 bits per heavy atom. The third kappa shape index (κ3) is 3.43. The minimum atomic E-state index is -0.270. The number of ether oxygens (including phenoxy) is 1. The molecule has 2 fully saturated rings. The number of piperidine rings is 1. The molecule has 2 aliphatic rings. The lowest BCUT2D eigenvalue weighted by Crippen LogP contribution is -2.60. The number of hydrogen-bond acceptors (Lipinski definition) is 4. The number of hydrogen-bond donors (Lipinski definition) is 1. The van der Waals surface area contributed by atoms with Crippen LogP contribution in [0.3, 0.4) is 0 Å². The minimum Gasteiger partial charge on any atom is -0.355 e. The van der Waals surface area contributed by atoms with Gasteiger partial charge >= 0.3 is 0 Å². The van der Waals surface area contributed by atoms with Crippen molar-refractivity contribution in [3.63, 3.8) is 0 Å². The predicted octanol–water partition coefficient (Wildman–Crippen LogP) is 2.76. The molecule has 1 aromatic heterocycles. The molecule has 2 saturated heterocycles. The van der Waals surface area contributed by atoms with Gasteiger partial charge in [0.2, 0.25) is 0 Å². The number of carbonyl (C=O) groups is 1. The van der Waals surface area contributed by atoms with Gasteiger partial charge < -0.3 is 10.1 Å². The second kappa shape index (κ2) is 7.33. The van der Waals surface area contributed by atoms with Crippen LogP contribution in [-0.4, -0.2) is 41.2 Å². The predicted molar refractivity (Wildman–Crippen MR) is 95.0 cm³/mol. The van der Waals surface area contributed by atoms with Gasteiger partial charge in [-0.15, -0.1) is 0 Å². The molecule has 0 saturated carbocycles. The van der Waals surface area contributed by atoms with Crippen molar-refractivity contribution in [2.24, 2.45) is 0 Å². The van der Waals surface area contributed by atoms with Crippen LogP contribution >= 0.6 is 0 Å². The van der Waals surface area contributed by atoms with Gasteiger partial charge in [-0.1, -0.05) is 36.8 Å². The van der Waals surface area contributed by atoms with E-state index >= 15 is 0 Å². The molecule has 0 aliphatic carbocycles. The smallest absolute Gasteiger partial charge is 0.254 e. The molecule has 0 bridgehead atoms. The van der Waals surface area contributed by atoms with Crippen molar-refractivity contribution in [1.29, 1.82) is 0 Å². The highest BCUT2D eigenvalue weighted by Crippen LogP contribution is 2.34. The number of carbonyl (C=O) groups excluding carboxylic acids is 1. The van der Waals surface area contributed by atoms with E-state index in [1.54, 1.807) is 24.5 Å². The van der Waals surface area contributed by atoms with E-state index in [1.807, 2.05) is 6.07 Å². The van der Waals surface area contributed by atoms with E-state index in [2.05, 4.69) is 39.5 Å². The van der Waals surface area contributed by atoms with Crippen molar-refractivity contribution in [1.82, 2.24) is 15.2 Å². The van der Waals surface area contributed by atoms with Crippen LogP contribution in [0.15, 0.2) is 54.9 Å². The number of amides is 1. The first-order chi connectivity index (χ1) is 12.3. The molecule has 5 nitrogen and oxygen atoms in total. The molecule has 2 aliphatic heterocycles. The first-order valence-corrected chi connectivity index (χ1v) is 8.96. The lowest BCUT2D eigenvalue weighted by Gasteiger charge is -2.48. The van der Waals surface area contributed by atoms with E-state index in [0.717, 1.165) is 13.0 Å². The van der Waals surface area contributed by atoms with Gasteiger partial charge in [-0.2, -0.15) is 0 Å². The molecule has 25 heavy (non-hydrogen) atoms. The molecule has 2 aromatic rings. The SMILES string of the molecule is O=C(NC1OCC(c2ccccc2)N2CCCCC12)c1cccnc1. The Morgan fingerprint density at radius 1 is 1.16 bits per heavy atom. The van der Waals surface area contributed by atoms with Gasteiger partial charge in [0.15, 0.2) is 0 Å². The van der Waals surface area contributed by atoms with Crippen molar-refractivity contribution in [3.8, 4) is 0 Å². The molecule has 0 spiro atoms. The summed E-state index contributed by atoms with van der Waals surface area (Å²) in [6, 6.07) is 14.5. The van der Waals surface area contributed by atoms with E-state index in [4.69, 9.17) is 4.74 Å². The Labute approximate surface area is 148 Å². The molecule has 1 aromatic carbocycles. The number of aromatic nitrogens is 1. The van der Waals surface area contributed by atoms with Crippen LogP contribution in [0.5, 0.6) is 0 Å². The maximum Gasteiger partial charge on any atom is 0.254 e. The maximum absolute atomic E-state index is 12.5. The number of nitrogens with zero attached hydrogens (tertiary/aromatic N) is 2. The zero-order chi connectivity index (χ0) is 17.1. The van der Waals surface area contributed by atoms with Crippen LogP contribution < -0.4 is 5.32 Å². The van der Waals surface area contributed by atoms with Gasteiger partial charge in [0, 0.05) is 12.4 Å². The fourth-order valence-corrected chi connectivity index (χ4v) is 3.90. The molecule has 3 unspecified atom stereocenters. The fraction of sp³-hybridized carbons (Fsp3) is 0.400. The third-order valence-electron chi connectivity index (χ3n) is 5.16. The van der Waals surface area contributed by atoms with E-state index in [-0.39, 0.29) is 24.2 Å². The van der Waals surface area contributed by atoms with Crippen LogP contribution in [0.2, 0.25) is 0 Å². The Bertz CT molecular complexity index is 707. The highest BCUT2D eigenvalue weighted by Gasteiger charge is 2.40. The van der Waals surface area contributed by atoms with Crippen molar-refractivity contribution < 1.29 is 9.53 Å². The fourth-order valence-electron chi connectivity index (χ4n) is 3.90. The quantitative estimate of drug-likeness (QED) is 0.936. The molecular formula is C20H23N3O2. The highest BCUT2D eigenvalue weighted by atomic mass is 16.5. The minimum absolute atomic E-state index is 0.123. The Hall–Kier alpha value is -2.24. The molecule has 130 valence electrons. The summed E-state index contributed by atoms with van der Waals surface area (Å²) in [7, 11) is 0. The average Bonchev–Trinajstić information content (AvgIpc) is 2.69. The zero-order valence-electron chi connectivity index (χ0n) is 14.2. The van der Waals surface area contributed by atoms with Crippen LogP contribution in [0.4, 0.5) is 0 Å². The molecule has 1 N–H and O–H groups in total. The van der Waals surface area contributed by atoms with Crippen molar-refractivity contribution in [2.45, 2.75) is 37.6 Å². The number of benzene rings is 1. The number of fused-ring (bicyclic) bond motifs is 1. The summed E-state index contributed by atoms with van der Waals surface area (Å²) >= 11 is 0. The third-order valence-corrected chi connectivity index (χ3v) is 5.16. The zero-order valence-corrected chi connectivity index (χ0v) is 14.2. The molecular weight excluding hydrogens is 314 g/mol. The summed E-state index contributed by atoms with van der Waals surface area (Å²) in [5.41, 5.74) is 1.85. The second-order valence-electron chi connectivity index (χ2n) is 6.70. The summed E-state index contributed by atoms with van der Waals surface area (Å²) in [5, 5.41) is 3.06. The van der Waals surface area contributed by atoms with Gasteiger partial charge in [-0.05, 0) is 37.1 Å². The van der Waals surface area contributed by atoms with Gasteiger partial charge in [-0.25, -0.2) is 0 Å². The Balaban J connectivity index is 1.51. The molecule has 4 rings (SSSR count). The number of pyridine rings is 1. The summed E-state index contributed by atoms with van der Waals surface area (Å²) < 4.78 is 6.11. The van der Waals surface area contributed by atoms with Crippen LogP contribution in [0, 0.1) is 0 Å². The average molecular weight is 337 g/mol. The van der Waals surface area contributed by atoms with Crippen LogP contribution in [0.1, 0.15) is 41.2 Å². The Morgan fingerprint density at radius 3 is 2.84 bits per heavy atom. The molecule has 3 atom stereocenters. The monoisotopic (exact) mass is 337 g/mol. The van der Waals surface area contributed by atoms with Gasteiger partial charge in [0.05, 0.1) is 24.3 Å². The lowest BCUT2D eigenvalue weighted by molar-refractivity contribution is -0.125. The maximum atomic E-state index is 12.5. The summed E-state index contributed by atoms with van der Waals surface area (Å²) in [5.74, 6) is -0.123. The number of nitrogens with one attached hydrogen (secondary N) is 1.